The molecule has 2 rings (SSSR count). The molecular formula is C17H24F2O. The lowest BCUT2D eigenvalue weighted by molar-refractivity contribution is 0.0406. The maximum absolute atomic E-state index is 14.0. The van der Waals surface area contributed by atoms with E-state index in [2.05, 4.69) is 6.92 Å². The Hall–Kier alpha value is -0.960. The van der Waals surface area contributed by atoms with E-state index in [4.69, 9.17) is 4.74 Å². The van der Waals surface area contributed by atoms with Crippen LogP contribution < -0.4 is 0 Å². The minimum absolute atomic E-state index is 0.0423. The van der Waals surface area contributed by atoms with Crippen molar-refractivity contribution in [1.82, 2.24) is 0 Å². The minimum atomic E-state index is -0.279. The number of fused-ring (bicyclic) bond motifs is 1. The minimum Gasteiger partial charge on any atom is -0.378 e. The Kier molecular flexibility index (Phi) is 5.53. The summed E-state index contributed by atoms with van der Waals surface area (Å²) in [7, 11) is 0. The van der Waals surface area contributed by atoms with Crippen molar-refractivity contribution in [2.75, 3.05) is 6.61 Å². The van der Waals surface area contributed by atoms with Gasteiger partial charge in [0.05, 0.1) is 6.10 Å². The van der Waals surface area contributed by atoms with Gasteiger partial charge in [0.25, 0.3) is 0 Å². The van der Waals surface area contributed by atoms with Gasteiger partial charge in [-0.15, -0.1) is 0 Å². The lowest BCUT2D eigenvalue weighted by Gasteiger charge is -2.26. The van der Waals surface area contributed by atoms with Gasteiger partial charge < -0.3 is 4.74 Å². The Labute approximate surface area is 120 Å². The van der Waals surface area contributed by atoms with Gasteiger partial charge in [-0.05, 0) is 48.9 Å². The van der Waals surface area contributed by atoms with E-state index >= 15 is 0 Å². The van der Waals surface area contributed by atoms with Crippen LogP contribution in [0.25, 0.3) is 0 Å². The molecule has 0 fully saturated rings. The molecule has 3 heteroatoms. The number of benzene rings is 1. The third-order valence-corrected chi connectivity index (χ3v) is 4.11. The summed E-state index contributed by atoms with van der Waals surface area (Å²) in [6.07, 6.45) is 6.60. The number of halogens is 2. The smallest absolute Gasteiger partial charge is 0.129 e. The average molecular weight is 282 g/mol. The summed E-state index contributed by atoms with van der Waals surface area (Å²) < 4.78 is 33.7. The molecule has 1 aliphatic carbocycles. The van der Waals surface area contributed by atoms with Gasteiger partial charge in [-0.25, -0.2) is 8.78 Å². The predicted molar refractivity (Wildman–Crippen MR) is 77.0 cm³/mol. The Morgan fingerprint density at radius 3 is 2.75 bits per heavy atom. The molecule has 0 amide bonds. The van der Waals surface area contributed by atoms with Crippen molar-refractivity contribution >= 4 is 0 Å². The van der Waals surface area contributed by atoms with Crippen molar-refractivity contribution < 1.29 is 13.5 Å². The summed E-state index contributed by atoms with van der Waals surface area (Å²) in [5.41, 5.74) is 1.49. The van der Waals surface area contributed by atoms with Crippen LogP contribution in [-0.2, 0) is 17.6 Å². The highest BCUT2D eigenvalue weighted by Gasteiger charge is 2.25. The summed E-state index contributed by atoms with van der Waals surface area (Å²) >= 11 is 0. The molecule has 0 spiro atoms. The second kappa shape index (κ2) is 7.16. The first-order chi connectivity index (χ1) is 9.63. The van der Waals surface area contributed by atoms with Gasteiger partial charge in [-0.3, -0.25) is 0 Å². The van der Waals surface area contributed by atoms with E-state index in [1.165, 1.54) is 25.3 Å². The quantitative estimate of drug-likeness (QED) is 0.685. The van der Waals surface area contributed by atoms with E-state index in [0.29, 0.717) is 29.5 Å². The molecule has 1 aromatic carbocycles. The van der Waals surface area contributed by atoms with Gasteiger partial charge in [0, 0.05) is 13.0 Å². The summed E-state index contributed by atoms with van der Waals surface area (Å²) in [5, 5.41) is 0. The fraction of sp³-hybridized carbons (Fsp3) is 0.647. The zero-order valence-corrected chi connectivity index (χ0v) is 12.5. The Bertz CT molecular complexity index is 457. The van der Waals surface area contributed by atoms with Crippen molar-refractivity contribution in [3.05, 3.63) is 34.4 Å². The number of ether oxygens (including phenoxy) is 1. The van der Waals surface area contributed by atoms with Gasteiger partial charge in [-0.2, -0.15) is 0 Å². The number of unbranched alkanes of at least 4 members (excludes halogenated alkanes) is 3. The molecular weight excluding hydrogens is 258 g/mol. The maximum atomic E-state index is 14.0. The van der Waals surface area contributed by atoms with Crippen LogP contribution >= 0.6 is 0 Å². The van der Waals surface area contributed by atoms with Crippen molar-refractivity contribution in [2.45, 2.75) is 64.9 Å². The molecule has 0 aliphatic heterocycles. The SMILES string of the molecule is CCCCCCOC1CCc2c(F)c(C)cc(F)c2C1. The zero-order chi connectivity index (χ0) is 14.5. The maximum Gasteiger partial charge on any atom is 0.129 e. The third kappa shape index (κ3) is 3.57. The van der Waals surface area contributed by atoms with Gasteiger partial charge in [0.15, 0.2) is 0 Å². The number of rotatable bonds is 6. The van der Waals surface area contributed by atoms with Crippen molar-refractivity contribution in [2.24, 2.45) is 0 Å². The first kappa shape index (κ1) is 15.4. The van der Waals surface area contributed by atoms with Crippen molar-refractivity contribution in [1.29, 1.82) is 0 Å². The van der Waals surface area contributed by atoms with Gasteiger partial charge >= 0.3 is 0 Å². The van der Waals surface area contributed by atoms with Crippen LogP contribution in [0.2, 0.25) is 0 Å². The zero-order valence-electron chi connectivity index (χ0n) is 12.5. The largest absolute Gasteiger partial charge is 0.378 e. The lowest BCUT2D eigenvalue weighted by Crippen LogP contribution is -2.25. The highest BCUT2D eigenvalue weighted by Crippen LogP contribution is 2.29. The van der Waals surface area contributed by atoms with Crippen LogP contribution in [0.1, 0.15) is 55.7 Å². The highest BCUT2D eigenvalue weighted by molar-refractivity contribution is 5.37. The summed E-state index contributed by atoms with van der Waals surface area (Å²) in [4.78, 5) is 0. The Morgan fingerprint density at radius 2 is 2.00 bits per heavy atom. The van der Waals surface area contributed by atoms with E-state index in [-0.39, 0.29) is 17.7 Å². The van der Waals surface area contributed by atoms with Gasteiger partial charge in [0.1, 0.15) is 11.6 Å². The van der Waals surface area contributed by atoms with E-state index in [1.807, 2.05) is 0 Å². The Morgan fingerprint density at radius 1 is 1.20 bits per heavy atom. The second-order valence-electron chi connectivity index (χ2n) is 5.74. The fourth-order valence-corrected chi connectivity index (χ4v) is 2.89. The van der Waals surface area contributed by atoms with E-state index in [1.54, 1.807) is 6.92 Å². The first-order valence-corrected chi connectivity index (χ1v) is 7.71. The standard InChI is InChI=1S/C17H24F2O/c1-3-4-5-6-9-20-13-7-8-14-15(11-13)16(18)10-12(2)17(14)19/h10,13H,3-9,11H2,1-2H3. The molecule has 0 N–H and O–H groups in total. The van der Waals surface area contributed by atoms with Crippen LogP contribution in [0.3, 0.4) is 0 Å². The van der Waals surface area contributed by atoms with Crippen LogP contribution in [0.15, 0.2) is 6.07 Å². The first-order valence-electron chi connectivity index (χ1n) is 7.71. The van der Waals surface area contributed by atoms with Crippen LogP contribution in [0.5, 0.6) is 0 Å². The van der Waals surface area contributed by atoms with Crippen LogP contribution in [0.4, 0.5) is 8.78 Å². The molecule has 1 unspecified atom stereocenters. The normalized spacial score (nSPS) is 18.1. The third-order valence-electron chi connectivity index (χ3n) is 4.11. The molecule has 1 aliphatic rings. The molecule has 0 bridgehead atoms. The molecule has 0 saturated heterocycles. The molecule has 1 nitrogen and oxygen atoms in total. The molecule has 0 aromatic heterocycles. The monoisotopic (exact) mass is 282 g/mol. The van der Waals surface area contributed by atoms with Crippen molar-refractivity contribution in [3.63, 3.8) is 0 Å². The van der Waals surface area contributed by atoms with Crippen molar-refractivity contribution in [3.8, 4) is 0 Å². The van der Waals surface area contributed by atoms with E-state index < -0.39 is 0 Å². The van der Waals surface area contributed by atoms with E-state index in [9.17, 15) is 8.78 Å². The topological polar surface area (TPSA) is 9.23 Å². The van der Waals surface area contributed by atoms with Gasteiger partial charge in [0.2, 0.25) is 0 Å². The fourth-order valence-electron chi connectivity index (χ4n) is 2.89. The molecule has 0 heterocycles. The van der Waals surface area contributed by atoms with Gasteiger partial charge in [-0.1, -0.05) is 26.2 Å². The van der Waals surface area contributed by atoms with E-state index in [0.717, 1.165) is 19.4 Å². The molecule has 20 heavy (non-hydrogen) atoms. The summed E-state index contributed by atoms with van der Waals surface area (Å²) in [6.45, 7) is 4.53. The second-order valence-corrected chi connectivity index (χ2v) is 5.74. The number of hydrogen-bond donors (Lipinski definition) is 0. The lowest BCUT2D eigenvalue weighted by atomic mass is 9.87. The molecule has 0 saturated carbocycles. The number of hydrogen-bond acceptors (Lipinski definition) is 1. The summed E-state index contributed by atoms with van der Waals surface area (Å²) in [5.74, 6) is -0.513. The van der Waals surface area contributed by atoms with Crippen LogP contribution in [-0.4, -0.2) is 12.7 Å². The molecule has 1 atom stereocenters. The number of aryl methyl sites for hydroxylation is 1. The summed E-state index contributed by atoms with van der Waals surface area (Å²) in [6, 6.07) is 1.30. The average Bonchev–Trinajstić information content (AvgIpc) is 2.44. The molecule has 1 aromatic rings. The van der Waals surface area contributed by atoms with Crippen LogP contribution in [0, 0.1) is 18.6 Å². The molecule has 0 radical (unpaired) electrons. The molecule has 112 valence electrons. The highest BCUT2D eigenvalue weighted by atomic mass is 19.1. The predicted octanol–water partition coefficient (Wildman–Crippen LogP) is 4.73. The Balaban J connectivity index is 1.92.